The summed E-state index contributed by atoms with van der Waals surface area (Å²) in [5.74, 6) is -1.52. The van der Waals surface area contributed by atoms with Crippen LogP contribution in [0.1, 0.15) is 91.8 Å². The summed E-state index contributed by atoms with van der Waals surface area (Å²) in [6.07, 6.45) is 3.32. The summed E-state index contributed by atoms with van der Waals surface area (Å²) in [6, 6.07) is 0. The summed E-state index contributed by atoms with van der Waals surface area (Å²) >= 11 is 1.56. The number of carbonyl (C=O) groups excluding carboxylic acids is 2. The van der Waals surface area contributed by atoms with Crippen LogP contribution in [0.3, 0.4) is 0 Å². The number of carbonyl (C=O) groups is 2. The quantitative estimate of drug-likeness (QED) is 0.240. The molecule has 1 aromatic heterocycles. The van der Waals surface area contributed by atoms with Crippen molar-refractivity contribution in [3.8, 4) is 0 Å². The molecular weight excluding hydrogens is 462 g/mol. The second-order valence-electron chi connectivity index (χ2n) is 10.3. The number of Topliss-reactive ketones (excluding diaryl/α,β-unsaturated/α-hetero) is 1. The molecular formula is C28H45NO5S. The molecule has 1 aromatic rings. The molecule has 0 bridgehead atoms. The number of aryl methyl sites for hydroxylation is 1. The number of esters is 1. The molecule has 0 fully saturated rings. The molecule has 0 amide bonds. The lowest BCUT2D eigenvalue weighted by Crippen LogP contribution is -2.45. The molecule has 6 nitrogen and oxygen atoms in total. The van der Waals surface area contributed by atoms with Crippen molar-refractivity contribution in [2.24, 2.45) is 17.3 Å². The summed E-state index contributed by atoms with van der Waals surface area (Å²) in [6.45, 7) is 16.7. The Labute approximate surface area is 215 Å². The van der Waals surface area contributed by atoms with Gasteiger partial charge in [0.15, 0.2) is 0 Å². The van der Waals surface area contributed by atoms with Crippen molar-refractivity contribution in [2.75, 3.05) is 0 Å². The van der Waals surface area contributed by atoms with Gasteiger partial charge >= 0.3 is 5.97 Å². The first-order valence-electron chi connectivity index (χ1n) is 12.6. The highest BCUT2D eigenvalue weighted by Gasteiger charge is 2.42. The Balaban J connectivity index is 2.98. The highest BCUT2D eigenvalue weighted by Crippen LogP contribution is 2.31. The molecule has 198 valence electrons. The molecule has 1 unspecified atom stereocenters. The van der Waals surface area contributed by atoms with E-state index in [0.717, 1.165) is 29.1 Å². The van der Waals surface area contributed by atoms with E-state index < -0.39 is 35.6 Å². The fourth-order valence-electron chi connectivity index (χ4n) is 3.81. The maximum atomic E-state index is 13.1. The summed E-state index contributed by atoms with van der Waals surface area (Å²) in [5.41, 5.74) is 1.68. The second kappa shape index (κ2) is 14.0. The van der Waals surface area contributed by atoms with Crippen LogP contribution in [0, 0.1) is 24.2 Å². The maximum Gasteiger partial charge on any atom is 0.309 e. The largest absolute Gasteiger partial charge is 0.457 e. The molecule has 2 N–H and O–H groups in total. The van der Waals surface area contributed by atoms with E-state index in [4.69, 9.17) is 4.74 Å². The molecule has 5 atom stereocenters. The fourth-order valence-corrected chi connectivity index (χ4v) is 4.38. The van der Waals surface area contributed by atoms with Crippen molar-refractivity contribution in [1.29, 1.82) is 0 Å². The van der Waals surface area contributed by atoms with Crippen molar-refractivity contribution >= 4 is 29.2 Å². The minimum Gasteiger partial charge on any atom is -0.457 e. The minimum atomic E-state index is -1.23. The van der Waals surface area contributed by atoms with E-state index in [9.17, 15) is 19.8 Å². The van der Waals surface area contributed by atoms with Crippen molar-refractivity contribution in [3.05, 3.63) is 33.3 Å². The molecule has 7 heteroatoms. The third-order valence-electron chi connectivity index (χ3n) is 7.01. The summed E-state index contributed by atoms with van der Waals surface area (Å²) in [5, 5.41) is 24.3. The molecule has 0 saturated heterocycles. The number of ether oxygens (including phenoxy) is 1. The maximum absolute atomic E-state index is 13.1. The Morgan fingerprint density at radius 2 is 1.83 bits per heavy atom. The van der Waals surface area contributed by atoms with Crippen LogP contribution in [0.4, 0.5) is 0 Å². The Morgan fingerprint density at radius 3 is 2.34 bits per heavy atom. The first-order chi connectivity index (χ1) is 16.2. The van der Waals surface area contributed by atoms with Crippen LogP contribution in [0.5, 0.6) is 0 Å². The zero-order valence-electron chi connectivity index (χ0n) is 22.9. The van der Waals surface area contributed by atoms with E-state index in [1.54, 1.807) is 32.1 Å². The van der Waals surface area contributed by atoms with Gasteiger partial charge in [0, 0.05) is 17.7 Å². The summed E-state index contributed by atoms with van der Waals surface area (Å²) in [4.78, 5) is 30.4. The molecule has 0 saturated carbocycles. The molecule has 1 heterocycles. The van der Waals surface area contributed by atoms with Crippen LogP contribution < -0.4 is 0 Å². The first kappa shape index (κ1) is 31.2. The molecule has 0 spiro atoms. The van der Waals surface area contributed by atoms with Gasteiger partial charge in [-0.15, -0.1) is 11.3 Å². The minimum absolute atomic E-state index is 0.0384. The average Bonchev–Trinajstić information content (AvgIpc) is 3.23. The van der Waals surface area contributed by atoms with Gasteiger partial charge in [-0.05, 0) is 44.8 Å². The SMILES string of the molecule is CC/C(C)=C\C[C@H](OC(=O)CC(O)C(C)(C)C(=O)[C@H](C)[C@@H](O)[C@@H](C)CC)/C(C)=C/c1csc(C)n1. The monoisotopic (exact) mass is 507 g/mol. The number of allylic oxidation sites excluding steroid dienone is 1. The number of nitrogens with zero attached hydrogens (tertiary/aromatic N) is 1. The number of aliphatic hydroxyl groups excluding tert-OH is 2. The van der Waals surface area contributed by atoms with Gasteiger partial charge in [0.25, 0.3) is 0 Å². The van der Waals surface area contributed by atoms with E-state index in [1.807, 2.05) is 46.1 Å². The number of hydrogen-bond acceptors (Lipinski definition) is 7. The van der Waals surface area contributed by atoms with Crippen molar-refractivity contribution in [1.82, 2.24) is 4.98 Å². The van der Waals surface area contributed by atoms with Crippen LogP contribution in [-0.4, -0.2) is 45.3 Å². The van der Waals surface area contributed by atoms with E-state index in [-0.39, 0.29) is 18.1 Å². The van der Waals surface area contributed by atoms with Crippen molar-refractivity contribution in [3.63, 3.8) is 0 Å². The average molecular weight is 508 g/mol. The van der Waals surface area contributed by atoms with Crippen LogP contribution >= 0.6 is 11.3 Å². The van der Waals surface area contributed by atoms with Crippen LogP contribution in [0.25, 0.3) is 6.08 Å². The number of aromatic nitrogens is 1. The molecule has 0 aliphatic carbocycles. The molecule has 0 aliphatic rings. The van der Waals surface area contributed by atoms with E-state index in [0.29, 0.717) is 6.42 Å². The van der Waals surface area contributed by atoms with Crippen LogP contribution in [0.15, 0.2) is 22.6 Å². The fraction of sp³-hybridized carbons (Fsp3) is 0.679. The molecule has 1 rings (SSSR count). The van der Waals surface area contributed by atoms with E-state index in [1.165, 1.54) is 5.57 Å². The first-order valence-corrected chi connectivity index (χ1v) is 13.5. The lowest BCUT2D eigenvalue weighted by Gasteiger charge is -2.34. The number of rotatable bonds is 14. The topological polar surface area (TPSA) is 96.7 Å². The number of ketones is 1. The standard InChI is InChI=1S/C28H45NO5S/c1-10-17(3)12-13-23(19(5)14-22-16-35-21(7)29-22)34-25(31)15-24(30)28(8,9)27(33)20(6)26(32)18(4)11-2/h12,14,16,18,20,23-24,26,30,32H,10-11,13,15H2,1-9H3/b17-12-,19-14+/t18-,20+,23-,24?,26-/m0/s1. The Hall–Kier alpha value is -1.83. The van der Waals surface area contributed by atoms with E-state index in [2.05, 4.69) is 18.0 Å². The molecule has 0 radical (unpaired) electrons. The van der Waals surface area contributed by atoms with Crippen LogP contribution in [0.2, 0.25) is 0 Å². The van der Waals surface area contributed by atoms with Gasteiger partial charge in [-0.2, -0.15) is 0 Å². The number of hydrogen-bond donors (Lipinski definition) is 2. The highest BCUT2D eigenvalue weighted by molar-refractivity contribution is 7.09. The predicted molar refractivity (Wildman–Crippen MR) is 143 cm³/mol. The molecule has 0 aromatic carbocycles. The Morgan fingerprint density at radius 1 is 1.20 bits per heavy atom. The van der Waals surface area contributed by atoms with Crippen LogP contribution in [-0.2, 0) is 14.3 Å². The predicted octanol–water partition coefficient (Wildman–Crippen LogP) is 5.90. The van der Waals surface area contributed by atoms with Gasteiger partial charge in [0.1, 0.15) is 11.9 Å². The summed E-state index contributed by atoms with van der Waals surface area (Å²) < 4.78 is 5.80. The normalized spacial score (nSPS) is 17.5. The van der Waals surface area contributed by atoms with Gasteiger partial charge in [-0.3, -0.25) is 9.59 Å². The van der Waals surface area contributed by atoms with Gasteiger partial charge < -0.3 is 14.9 Å². The number of aliphatic hydroxyl groups is 2. The Kier molecular flexibility index (Phi) is 12.5. The third-order valence-corrected chi connectivity index (χ3v) is 7.80. The lowest BCUT2D eigenvalue weighted by molar-refractivity contribution is -0.154. The van der Waals surface area contributed by atoms with Crippen molar-refractivity contribution in [2.45, 2.75) is 106 Å². The summed E-state index contributed by atoms with van der Waals surface area (Å²) in [7, 11) is 0. The van der Waals surface area contributed by atoms with Gasteiger partial charge in [0.05, 0.1) is 34.7 Å². The third kappa shape index (κ3) is 9.28. The van der Waals surface area contributed by atoms with Gasteiger partial charge in [-0.25, -0.2) is 4.98 Å². The zero-order valence-corrected chi connectivity index (χ0v) is 23.7. The lowest BCUT2D eigenvalue weighted by atomic mass is 9.73. The molecule has 35 heavy (non-hydrogen) atoms. The van der Waals surface area contributed by atoms with Crippen molar-refractivity contribution < 1.29 is 24.5 Å². The smallest absolute Gasteiger partial charge is 0.309 e. The van der Waals surface area contributed by atoms with E-state index >= 15 is 0 Å². The number of thiazole rings is 1. The Bertz CT molecular complexity index is 901. The van der Waals surface area contributed by atoms with Gasteiger partial charge in [0.2, 0.25) is 0 Å². The zero-order chi connectivity index (χ0) is 26.9. The second-order valence-corrected chi connectivity index (χ2v) is 11.3. The highest BCUT2D eigenvalue weighted by atomic mass is 32.1. The van der Waals surface area contributed by atoms with Gasteiger partial charge in [-0.1, -0.05) is 59.6 Å². The molecule has 0 aliphatic heterocycles.